The Bertz CT molecular complexity index is 395. The average Bonchev–Trinajstić information content (AvgIpc) is 2.53. The van der Waals surface area contributed by atoms with Gasteiger partial charge in [0.1, 0.15) is 6.61 Å². The first-order valence-electron chi connectivity index (χ1n) is 8.21. The van der Waals surface area contributed by atoms with Crippen molar-refractivity contribution >= 4 is 5.97 Å². The fourth-order valence-electron chi connectivity index (χ4n) is 2.19. The molecule has 21 heavy (non-hydrogen) atoms. The van der Waals surface area contributed by atoms with E-state index >= 15 is 0 Å². The molecule has 0 spiro atoms. The van der Waals surface area contributed by atoms with Crippen LogP contribution in [0, 0.1) is 0 Å². The second kappa shape index (κ2) is 12.2. The SMILES string of the molecule is CCCCCCCCCC=CCOC(=O)c1ccccc1. The van der Waals surface area contributed by atoms with Crippen LogP contribution in [0.25, 0.3) is 0 Å². The van der Waals surface area contributed by atoms with E-state index in [0.29, 0.717) is 12.2 Å². The van der Waals surface area contributed by atoms with Gasteiger partial charge in [0.25, 0.3) is 0 Å². The van der Waals surface area contributed by atoms with Crippen LogP contribution < -0.4 is 0 Å². The highest BCUT2D eigenvalue weighted by Crippen LogP contribution is 2.08. The van der Waals surface area contributed by atoms with Crippen LogP contribution >= 0.6 is 0 Å². The van der Waals surface area contributed by atoms with Gasteiger partial charge in [0.15, 0.2) is 0 Å². The van der Waals surface area contributed by atoms with Crippen LogP contribution in [0.5, 0.6) is 0 Å². The second-order valence-corrected chi connectivity index (χ2v) is 5.35. The van der Waals surface area contributed by atoms with Gasteiger partial charge < -0.3 is 4.74 Å². The maximum absolute atomic E-state index is 11.6. The van der Waals surface area contributed by atoms with Gasteiger partial charge in [0, 0.05) is 0 Å². The summed E-state index contributed by atoms with van der Waals surface area (Å²) in [5, 5.41) is 0. The molecule has 0 atom stereocenters. The van der Waals surface area contributed by atoms with Gasteiger partial charge in [0.05, 0.1) is 5.56 Å². The topological polar surface area (TPSA) is 26.3 Å². The molecule has 0 aliphatic heterocycles. The molecule has 1 aromatic carbocycles. The molecular formula is C19H28O2. The van der Waals surface area contributed by atoms with E-state index in [1.165, 1.54) is 44.9 Å². The zero-order valence-electron chi connectivity index (χ0n) is 13.2. The molecule has 0 N–H and O–H groups in total. The maximum atomic E-state index is 11.6. The molecule has 1 aromatic rings. The highest BCUT2D eigenvalue weighted by Gasteiger charge is 2.03. The molecule has 0 saturated heterocycles. The molecule has 0 heterocycles. The van der Waals surface area contributed by atoms with E-state index < -0.39 is 0 Å². The molecule has 2 heteroatoms. The summed E-state index contributed by atoms with van der Waals surface area (Å²) in [6, 6.07) is 9.11. The number of rotatable bonds is 11. The largest absolute Gasteiger partial charge is 0.458 e. The number of benzene rings is 1. The minimum atomic E-state index is -0.254. The Morgan fingerprint density at radius 1 is 0.952 bits per heavy atom. The van der Waals surface area contributed by atoms with E-state index in [1.807, 2.05) is 24.3 Å². The van der Waals surface area contributed by atoms with Crippen molar-refractivity contribution in [2.24, 2.45) is 0 Å². The summed E-state index contributed by atoms with van der Waals surface area (Å²) in [4.78, 5) is 11.6. The van der Waals surface area contributed by atoms with Crippen LogP contribution in [0.15, 0.2) is 42.5 Å². The minimum absolute atomic E-state index is 0.254. The molecule has 116 valence electrons. The number of unbranched alkanes of at least 4 members (excludes halogenated alkanes) is 7. The monoisotopic (exact) mass is 288 g/mol. The summed E-state index contributed by atoms with van der Waals surface area (Å²) < 4.78 is 5.17. The van der Waals surface area contributed by atoms with Crippen molar-refractivity contribution < 1.29 is 9.53 Å². The predicted molar refractivity (Wildman–Crippen MR) is 88.5 cm³/mol. The number of carbonyl (C=O) groups excluding carboxylic acids is 1. The lowest BCUT2D eigenvalue weighted by molar-refractivity contribution is 0.0549. The molecule has 0 aliphatic carbocycles. The lowest BCUT2D eigenvalue weighted by atomic mass is 10.1. The number of esters is 1. The van der Waals surface area contributed by atoms with Gasteiger partial charge in [-0.05, 0) is 25.0 Å². The van der Waals surface area contributed by atoms with Crippen LogP contribution in [-0.4, -0.2) is 12.6 Å². The summed E-state index contributed by atoms with van der Waals surface area (Å²) in [5.74, 6) is -0.254. The predicted octanol–water partition coefficient (Wildman–Crippen LogP) is 5.54. The first kappa shape index (κ1) is 17.5. The summed E-state index contributed by atoms with van der Waals surface area (Å²) in [6.45, 7) is 2.61. The highest BCUT2D eigenvalue weighted by atomic mass is 16.5. The van der Waals surface area contributed by atoms with Gasteiger partial charge in [-0.15, -0.1) is 0 Å². The van der Waals surface area contributed by atoms with Gasteiger partial charge in [-0.3, -0.25) is 0 Å². The number of carbonyl (C=O) groups is 1. The molecule has 0 unspecified atom stereocenters. The van der Waals surface area contributed by atoms with E-state index in [2.05, 4.69) is 13.0 Å². The lowest BCUT2D eigenvalue weighted by Gasteiger charge is -2.01. The van der Waals surface area contributed by atoms with Crippen LogP contribution in [0.2, 0.25) is 0 Å². The standard InChI is InChI=1S/C19H28O2/c1-2-3-4-5-6-7-8-9-10-14-17-21-19(20)18-15-12-11-13-16-18/h10-16H,2-9,17H2,1H3. The van der Waals surface area contributed by atoms with Gasteiger partial charge in [-0.25, -0.2) is 4.79 Å². The zero-order valence-corrected chi connectivity index (χ0v) is 13.2. The minimum Gasteiger partial charge on any atom is -0.458 e. The average molecular weight is 288 g/mol. The van der Waals surface area contributed by atoms with Crippen LogP contribution in [0.3, 0.4) is 0 Å². The van der Waals surface area contributed by atoms with Gasteiger partial charge in [0.2, 0.25) is 0 Å². The van der Waals surface area contributed by atoms with E-state index in [4.69, 9.17) is 4.74 Å². The maximum Gasteiger partial charge on any atom is 0.338 e. The Balaban J connectivity index is 1.97. The third-order valence-corrected chi connectivity index (χ3v) is 3.46. The van der Waals surface area contributed by atoms with Crippen molar-refractivity contribution in [2.45, 2.75) is 58.3 Å². The molecule has 0 amide bonds. The molecule has 1 rings (SSSR count). The van der Waals surface area contributed by atoms with Crippen molar-refractivity contribution in [1.29, 1.82) is 0 Å². The smallest absolute Gasteiger partial charge is 0.338 e. The Morgan fingerprint density at radius 2 is 1.62 bits per heavy atom. The van der Waals surface area contributed by atoms with Crippen molar-refractivity contribution in [3.05, 3.63) is 48.0 Å². The van der Waals surface area contributed by atoms with Crippen LogP contribution in [0.1, 0.15) is 68.6 Å². The van der Waals surface area contributed by atoms with Crippen molar-refractivity contribution in [3.63, 3.8) is 0 Å². The van der Waals surface area contributed by atoms with Crippen LogP contribution in [0.4, 0.5) is 0 Å². The van der Waals surface area contributed by atoms with E-state index in [0.717, 1.165) is 6.42 Å². The summed E-state index contributed by atoms with van der Waals surface area (Å²) in [5.41, 5.74) is 0.609. The Kier molecular flexibility index (Phi) is 10.1. The summed E-state index contributed by atoms with van der Waals surface area (Å²) >= 11 is 0. The molecule has 0 aliphatic rings. The normalized spacial score (nSPS) is 10.9. The molecule has 0 saturated carbocycles. The van der Waals surface area contributed by atoms with Crippen molar-refractivity contribution in [2.75, 3.05) is 6.61 Å². The van der Waals surface area contributed by atoms with Crippen molar-refractivity contribution in [3.8, 4) is 0 Å². The Hall–Kier alpha value is -1.57. The van der Waals surface area contributed by atoms with Gasteiger partial charge in [-0.2, -0.15) is 0 Å². The summed E-state index contributed by atoms with van der Waals surface area (Å²) in [6.07, 6.45) is 14.4. The molecule has 0 radical (unpaired) electrons. The molecule has 0 fully saturated rings. The third kappa shape index (κ3) is 9.06. The fraction of sp³-hybridized carbons (Fsp3) is 0.526. The highest BCUT2D eigenvalue weighted by molar-refractivity contribution is 5.89. The first-order chi connectivity index (χ1) is 10.3. The van der Waals surface area contributed by atoms with Crippen LogP contribution in [-0.2, 0) is 4.74 Å². The number of ether oxygens (including phenoxy) is 1. The van der Waals surface area contributed by atoms with Gasteiger partial charge >= 0.3 is 5.97 Å². The Morgan fingerprint density at radius 3 is 2.33 bits per heavy atom. The first-order valence-corrected chi connectivity index (χ1v) is 8.21. The lowest BCUT2D eigenvalue weighted by Crippen LogP contribution is -2.04. The Labute approximate surface area is 129 Å². The molecule has 0 aromatic heterocycles. The van der Waals surface area contributed by atoms with E-state index in [1.54, 1.807) is 12.1 Å². The molecule has 0 bridgehead atoms. The van der Waals surface area contributed by atoms with Crippen molar-refractivity contribution in [1.82, 2.24) is 0 Å². The number of hydrogen-bond acceptors (Lipinski definition) is 2. The number of hydrogen-bond donors (Lipinski definition) is 0. The second-order valence-electron chi connectivity index (χ2n) is 5.35. The van der Waals surface area contributed by atoms with Gasteiger partial charge in [-0.1, -0.05) is 75.8 Å². The van der Waals surface area contributed by atoms with E-state index in [-0.39, 0.29) is 5.97 Å². The molecule has 2 nitrogen and oxygen atoms in total. The quantitative estimate of drug-likeness (QED) is 0.303. The third-order valence-electron chi connectivity index (χ3n) is 3.46. The number of allylic oxidation sites excluding steroid dienone is 1. The van der Waals surface area contributed by atoms with E-state index in [9.17, 15) is 4.79 Å². The fourth-order valence-corrected chi connectivity index (χ4v) is 2.19. The zero-order chi connectivity index (χ0) is 15.2. The molecular weight excluding hydrogens is 260 g/mol. The summed E-state index contributed by atoms with van der Waals surface area (Å²) in [7, 11) is 0.